The summed E-state index contributed by atoms with van der Waals surface area (Å²) in [6.45, 7) is 7.86. The molecule has 0 saturated carbocycles. The number of methoxy groups -OCH3 is 1. The van der Waals surface area contributed by atoms with E-state index in [0.29, 0.717) is 0 Å². The number of likely N-dealkylation sites (tertiary alicyclic amines) is 1. The number of carbonyl (C=O) groups excluding carboxylic acids is 1. The summed E-state index contributed by atoms with van der Waals surface area (Å²) in [5.41, 5.74) is -0.574. The zero-order chi connectivity index (χ0) is 13.4. The van der Waals surface area contributed by atoms with Gasteiger partial charge in [-0.05, 0) is 45.8 Å². The van der Waals surface area contributed by atoms with Crippen molar-refractivity contribution in [3.63, 3.8) is 0 Å². The third-order valence-corrected chi connectivity index (χ3v) is 3.64. The third-order valence-electron chi connectivity index (χ3n) is 3.64. The maximum atomic E-state index is 12.0. The molecule has 0 aromatic carbocycles. The molecule has 1 heterocycles. The predicted molar refractivity (Wildman–Crippen MR) is 73.6 cm³/mol. The van der Waals surface area contributed by atoms with E-state index in [0.717, 1.165) is 32.6 Å². The largest absolute Gasteiger partial charge is 0.468 e. The highest BCUT2D eigenvalue weighted by Gasteiger charge is 2.35. The van der Waals surface area contributed by atoms with Crippen LogP contribution in [0.2, 0.25) is 0 Å². The van der Waals surface area contributed by atoms with E-state index in [-0.39, 0.29) is 5.97 Å². The molecule has 1 N–H and O–H groups in total. The Bertz CT molecular complexity index is 250. The van der Waals surface area contributed by atoms with Crippen LogP contribution in [-0.2, 0) is 9.53 Å². The van der Waals surface area contributed by atoms with E-state index < -0.39 is 5.54 Å². The SMILES string of the molecule is CCCNC(C)(CN1CCCCCC1)C(=O)OC. The number of esters is 1. The van der Waals surface area contributed by atoms with Gasteiger partial charge in [-0.2, -0.15) is 0 Å². The molecule has 18 heavy (non-hydrogen) atoms. The zero-order valence-electron chi connectivity index (χ0n) is 12.1. The first-order valence-corrected chi connectivity index (χ1v) is 7.18. The van der Waals surface area contributed by atoms with Gasteiger partial charge in [0.05, 0.1) is 7.11 Å². The maximum absolute atomic E-state index is 12.0. The number of carbonyl (C=O) groups is 1. The van der Waals surface area contributed by atoms with Gasteiger partial charge in [-0.3, -0.25) is 4.79 Å². The number of rotatable bonds is 6. The van der Waals surface area contributed by atoms with Crippen LogP contribution in [0.1, 0.15) is 46.0 Å². The Morgan fingerprint density at radius 3 is 2.39 bits per heavy atom. The Morgan fingerprint density at radius 1 is 1.28 bits per heavy atom. The molecule has 0 spiro atoms. The van der Waals surface area contributed by atoms with Gasteiger partial charge in [0.25, 0.3) is 0 Å². The Labute approximate surface area is 111 Å². The van der Waals surface area contributed by atoms with E-state index in [1.807, 2.05) is 6.92 Å². The molecule has 1 fully saturated rings. The minimum atomic E-state index is -0.574. The summed E-state index contributed by atoms with van der Waals surface area (Å²) in [7, 11) is 1.47. The summed E-state index contributed by atoms with van der Waals surface area (Å²) < 4.78 is 4.96. The molecule has 1 unspecified atom stereocenters. The van der Waals surface area contributed by atoms with Crippen molar-refractivity contribution in [3.8, 4) is 0 Å². The van der Waals surface area contributed by atoms with Crippen molar-refractivity contribution in [2.24, 2.45) is 0 Å². The molecule has 1 saturated heterocycles. The number of nitrogens with zero attached hydrogens (tertiary/aromatic N) is 1. The lowest BCUT2D eigenvalue weighted by Crippen LogP contribution is -2.57. The summed E-state index contributed by atoms with van der Waals surface area (Å²) in [5.74, 6) is -0.153. The van der Waals surface area contributed by atoms with Crippen LogP contribution in [0, 0.1) is 0 Å². The summed E-state index contributed by atoms with van der Waals surface area (Å²) >= 11 is 0. The van der Waals surface area contributed by atoms with Crippen LogP contribution in [0.25, 0.3) is 0 Å². The molecule has 1 rings (SSSR count). The van der Waals surface area contributed by atoms with Gasteiger partial charge in [-0.1, -0.05) is 19.8 Å². The Morgan fingerprint density at radius 2 is 1.89 bits per heavy atom. The summed E-state index contributed by atoms with van der Waals surface area (Å²) in [6.07, 6.45) is 6.13. The van der Waals surface area contributed by atoms with E-state index in [2.05, 4.69) is 17.1 Å². The van der Waals surface area contributed by atoms with Gasteiger partial charge in [-0.25, -0.2) is 0 Å². The van der Waals surface area contributed by atoms with Gasteiger partial charge in [-0.15, -0.1) is 0 Å². The lowest BCUT2D eigenvalue weighted by Gasteiger charge is -2.33. The normalized spacial score (nSPS) is 21.1. The van der Waals surface area contributed by atoms with E-state index >= 15 is 0 Å². The van der Waals surface area contributed by atoms with Gasteiger partial charge in [0, 0.05) is 6.54 Å². The number of hydrogen-bond donors (Lipinski definition) is 1. The minimum Gasteiger partial charge on any atom is -0.468 e. The van der Waals surface area contributed by atoms with Crippen LogP contribution in [0.4, 0.5) is 0 Å². The quantitative estimate of drug-likeness (QED) is 0.736. The van der Waals surface area contributed by atoms with Crippen LogP contribution < -0.4 is 5.32 Å². The van der Waals surface area contributed by atoms with Gasteiger partial charge in [0.1, 0.15) is 5.54 Å². The first kappa shape index (κ1) is 15.4. The Balaban J connectivity index is 2.60. The monoisotopic (exact) mass is 256 g/mol. The van der Waals surface area contributed by atoms with Gasteiger partial charge in [0.15, 0.2) is 0 Å². The number of ether oxygens (including phenoxy) is 1. The van der Waals surface area contributed by atoms with Gasteiger partial charge in [0.2, 0.25) is 0 Å². The van der Waals surface area contributed by atoms with Crippen LogP contribution in [0.5, 0.6) is 0 Å². The van der Waals surface area contributed by atoms with Crippen molar-refractivity contribution in [2.45, 2.75) is 51.5 Å². The van der Waals surface area contributed by atoms with Crippen molar-refractivity contribution < 1.29 is 9.53 Å². The van der Waals surface area contributed by atoms with Crippen LogP contribution >= 0.6 is 0 Å². The molecule has 0 aliphatic carbocycles. The first-order valence-electron chi connectivity index (χ1n) is 7.18. The van der Waals surface area contributed by atoms with Gasteiger partial charge >= 0.3 is 5.97 Å². The van der Waals surface area contributed by atoms with E-state index in [9.17, 15) is 4.79 Å². The molecule has 0 radical (unpaired) electrons. The fourth-order valence-corrected chi connectivity index (χ4v) is 2.56. The standard InChI is InChI=1S/C14H28N2O2/c1-4-9-15-14(2,13(17)18-3)12-16-10-7-5-6-8-11-16/h15H,4-12H2,1-3H3. The Kier molecular flexibility index (Phi) is 6.65. The molecule has 4 nitrogen and oxygen atoms in total. The fraction of sp³-hybridized carbons (Fsp3) is 0.929. The second-order valence-corrected chi connectivity index (χ2v) is 5.44. The van der Waals surface area contributed by atoms with Gasteiger partial charge < -0.3 is 15.0 Å². The fourth-order valence-electron chi connectivity index (χ4n) is 2.56. The molecule has 1 atom stereocenters. The average molecular weight is 256 g/mol. The second kappa shape index (κ2) is 7.74. The maximum Gasteiger partial charge on any atom is 0.327 e. The molecular formula is C14H28N2O2. The van der Waals surface area contributed by atoms with Crippen molar-refractivity contribution in [1.82, 2.24) is 10.2 Å². The topological polar surface area (TPSA) is 41.6 Å². The number of hydrogen-bond acceptors (Lipinski definition) is 4. The highest BCUT2D eigenvalue weighted by atomic mass is 16.5. The number of nitrogens with one attached hydrogen (secondary N) is 1. The van der Waals surface area contributed by atoms with E-state index in [4.69, 9.17) is 4.74 Å². The molecule has 0 aromatic heterocycles. The van der Waals surface area contributed by atoms with Crippen molar-refractivity contribution in [3.05, 3.63) is 0 Å². The van der Waals surface area contributed by atoms with E-state index in [1.165, 1.54) is 32.8 Å². The predicted octanol–water partition coefficient (Wildman–Crippen LogP) is 1.79. The zero-order valence-corrected chi connectivity index (χ0v) is 12.1. The molecule has 0 bridgehead atoms. The lowest BCUT2D eigenvalue weighted by molar-refractivity contribution is -0.148. The average Bonchev–Trinajstić information content (AvgIpc) is 2.63. The van der Waals surface area contributed by atoms with Crippen LogP contribution in [0.15, 0.2) is 0 Å². The van der Waals surface area contributed by atoms with E-state index in [1.54, 1.807) is 0 Å². The second-order valence-electron chi connectivity index (χ2n) is 5.44. The summed E-state index contributed by atoms with van der Waals surface area (Å²) in [6, 6.07) is 0. The Hall–Kier alpha value is -0.610. The summed E-state index contributed by atoms with van der Waals surface area (Å²) in [4.78, 5) is 14.4. The smallest absolute Gasteiger partial charge is 0.327 e. The molecule has 0 amide bonds. The lowest BCUT2D eigenvalue weighted by atomic mass is 10.0. The molecule has 4 heteroatoms. The van der Waals surface area contributed by atoms with Crippen LogP contribution in [-0.4, -0.2) is 49.7 Å². The van der Waals surface area contributed by atoms with Crippen molar-refractivity contribution in [2.75, 3.05) is 33.3 Å². The third kappa shape index (κ3) is 4.58. The molecule has 106 valence electrons. The highest BCUT2D eigenvalue weighted by molar-refractivity contribution is 5.80. The molecule has 1 aliphatic heterocycles. The van der Waals surface area contributed by atoms with Crippen molar-refractivity contribution in [1.29, 1.82) is 0 Å². The molecular weight excluding hydrogens is 228 g/mol. The van der Waals surface area contributed by atoms with Crippen molar-refractivity contribution >= 4 is 5.97 Å². The summed E-state index contributed by atoms with van der Waals surface area (Å²) in [5, 5.41) is 3.35. The molecule has 0 aromatic rings. The van der Waals surface area contributed by atoms with Crippen LogP contribution in [0.3, 0.4) is 0 Å². The minimum absolute atomic E-state index is 0.153. The first-order chi connectivity index (χ1) is 8.62. The highest BCUT2D eigenvalue weighted by Crippen LogP contribution is 2.15. The molecule has 1 aliphatic rings.